The Kier molecular flexibility index (Phi) is 8.46. The van der Waals surface area contributed by atoms with Crippen molar-refractivity contribution in [3.8, 4) is 17.2 Å². The second kappa shape index (κ2) is 10.9. The van der Waals surface area contributed by atoms with Crippen LogP contribution in [0.2, 0.25) is 0 Å². The number of amides is 1. The van der Waals surface area contributed by atoms with Crippen LogP contribution in [0.3, 0.4) is 0 Å². The molecule has 3 N–H and O–H groups in total. The van der Waals surface area contributed by atoms with Crippen LogP contribution in [0.15, 0.2) is 54.7 Å². The molecule has 14 heteroatoms. The lowest BCUT2D eigenvalue weighted by Gasteiger charge is -2.19. The maximum atomic E-state index is 13.2. The number of benzene rings is 2. The summed E-state index contributed by atoms with van der Waals surface area (Å²) in [6, 6.07) is 7.24. The molecule has 0 aliphatic rings. The van der Waals surface area contributed by atoms with E-state index in [4.69, 9.17) is 20.3 Å². The standard InChI is InChI=1S/C16H10F7NO3.C6H5NO2/c1-26-11-6-8(17)2-3-10(11)27-12-5-7(15(18,19)20)4-9(16(21,22)23)13(12)14(24)25;8-6(9)5-3-1-2-4-7-5/h2-6H,1H3,(H2,24,25);1-4H,(H,8,9). The maximum Gasteiger partial charge on any atom is 0.417 e. The summed E-state index contributed by atoms with van der Waals surface area (Å²) >= 11 is 0. The van der Waals surface area contributed by atoms with E-state index in [0.29, 0.717) is 0 Å². The number of primary amides is 1. The highest BCUT2D eigenvalue weighted by Gasteiger charge is 2.41. The number of pyridine rings is 1. The van der Waals surface area contributed by atoms with Crippen molar-refractivity contribution in [3.05, 3.63) is 82.9 Å². The number of rotatable bonds is 5. The molecule has 2 aromatic carbocycles. The molecule has 1 amide bonds. The van der Waals surface area contributed by atoms with Crippen molar-refractivity contribution in [2.24, 2.45) is 5.73 Å². The van der Waals surface area contributed by atoms with E-state index in [1.54, 1.807) is 12.1 Å². The number of ether oxygens (including phenoxy) is 2. The quantitative estimate of drug-likeness (QED) is 0.427. The van der Waals surface area contributed by atoms with Crippen LogP contribution in [0.4, 0.5) is 30.7 Å². The van der Waals surface area contributed by atoms with Crippen LogP contribution in [0.25, 0.3) is 0 Å². The molecule has 0 saturated heterocycles. The molecule has 1 aromatic heterocycles. The third-order valence-corrected chi connectivity index (χ3v) is 4.21. The number of aromatic carboxylic acids is 1. The number of nitrogens with two attached hydrogens (primary N) is 1. The Morgan fingerprint density at radius 2 is 1.58 bits per heavy atom. The Labute approximate surface area is 197 Å². The molecule has 0 aliphatic carbocycles. The molecule has 0 bridgehead atoms. The summed E-state index contributed by atoms with van der Waals surface area (Å²) in [6.45, 7) is 0. The summed E-state index contributed by atoms with van der Waals surface area (Å²) in [5.74, 6) is -5.29. The molecule has 7 nitrogen and oxygen atoms in total. The van der Waals surface area contributed by atoms with Crippen LogP contribution < -0.4 is 15.2 Å². The number of carboxylic acid groups (broad SMARTS) is 1. The van der Waals surface area contributed by atoms with E-state index in [9.17, 15) is 40.3 Å². The fourth-order valence-electron chi connectivity index (χ4n) is 2.67. The number of carbonyl (C=O) groups excluding carboxylic acids is 1. The predicted octanol–water partition coefficient (Wildman–Crippen LogP) is 5.54. The normalized spacial score (nSPS) is 11.2. The number of hydrogen-bond acceptors (Lipinski definition) is 5. The van der Waals surface area contributed by atoms with Gasteiger partial charge in [0.25, 0.3) is 5.91 Å². The number of halogens is 7. The van der Waals surface area contributed by atoms with Gasteiger partial charge in [0.2, 0.25) is 0 Å². The summed E-state index contributed by atoms with van der Waals surface area (Å²) in [5.41, 5.74) is 0.0773. The number of alkyl halides is 6. The van der Waals surface area contributed by atoms with Gasteiger partial charge in [-0.25, -0.2) is 14.2 Å². The molecule has 0 unspecified atom stereocenters. The smallest absolute Gasteiger partial charge is 0.417 e. The van der Waals surface area contributed by atoms with Gasteiger partial charge in [0.05, 0.1) is 23.8 Å². The molecule has 0 fully saturated rings. The molecular weight excluding hydrogens is 505 g/mol. The Morgan fingerprint density at radius 3 is 2.03 bits per heavy atom. The molecule has 3 rings (SSSR count). The summed E-state index contributed by atoms with van der Waals surface area (Å²) in [7, 11) is 1.07. The van der Waals surface area contributed by atoms with Gasteiger partial charge in [-0.05, 0) is 36.4 Å². The first-order valence-electron chi connectivity index (χ1n) is 9.43. The van der Waals surface area contributed by atoms with Crippen molar-refractivity contribution in [2.75, 3.05) is 7.11 Å². The van der Waals surface area contributed by atoms with Gasteiger partial charge in [-0.1, -0.05) is 6.07 Å². The molecule has 0 radical (unpaired) electrons. The van der Waals surface area contributed by atoms with E-state index in [-0.39, 0.29) is 23.6 Å². The van der Waals surface area contributed by atoms with Gasteiger partial charge in [0.1, 0.15) is 17.3 Å². The largest absolute Gasteiger partial charge is 0.493 e. The number of aromatic nitrogens is 1. The summed E-state index contributed by atoms with van der Waals surface area (Å²) in [4.78, 5) is 25.2. The van der Waals surface area contributed by atoms with E-state index in [2.05, 4.69) is 4.98 Å². The highest BCUT2D eigenvalue weighted by Crippen LogP contribution is 2.43. The zero-order chi connectivity index (χ0) is 27.3. The van der Waals surface area contributed by atoms with E-state index >= 15 is 0 Å². The van der Waals surface area contributed by atoms with E-state index in [0.717, 1.165) is 25.3 Å². The number of methoxy groups -OCH3 is 1. The molecule has 0 spiro atoms. The average Bonchev–Trinajstić information content (AvgIpc) is 2.79. The van der Waals surface area contributed by atoms with Crippen molar-refractivity contribution < 1.29 is 54.9 Å². The minimum atomic E-state index is -5.32. The zero-order valence-corrected chi connectivity index (χ0v) is 17.9. The molecular formula is C22H15F7N2O5. The maximum absolute atomic E-state index is 13.2. The van der Waals surface area contributed by atoms with Crippen LogP contribution in [-0.2, 0) is 12.4 Å². The lowest BCUT2D eigenvalue weighted by atomic mass is 10.0. The van der Waals surface area contributed by atoms with Crippen LogP contribution in [0.1, 0.15) is 32.0 Å². The number of nitrogens with zero attached hydrogens (tertiary/aromatic N) is 1. The molecule has 0 atom stereocenters. The van der Waals surface area contributed by atoms with Crippen LogP contribution >= 0.6 is 0 Å². The monoisotopic (exact) mass is 520 g/mol. The van der Waals surface area contributed by atoms with Gasteiger partial charge in [-0.2, -0.15) is 26.3 Å². The Bertz CT molecular complexity index is 1250. The van der Waals surface area contributed by atoms with Crippen molar-refractivity contribution in [1.29, 1.82) is 0 Å². The first-order chi connectivity index (χ1) is 16.6. The molecule has 192 valence electrons. The summed E-state index contributed by atoms with van der Waals surface area (Å²) in [6.07, 6.45) is -9.04. The third kappa shape index (κ3) is 7.07. The molecule has 0 aliphatic heterocycles. The van der Waals surface area contributed by atoms with Gasteiger partial charge in [0.15, 0.2) is 11.5 Å². The summed E-state index contributed by atoms with van der Waals surface area (Å²) in [5, 5.41) is 8.32. The van der Waals surface area contributed by atoms with Crippen molar-refractivity contribution in [3.63, 3.8) is 0 Å². The SMILES string of the molecule is COc1cc(F)ccc1Oc1cc(C(F)(F)F)cc(C(F)(F)F)c1C(N)=O.O=C(O)c1ccccn1. The van der Waals surface area contributed by atoms with Crippen molar-refractivity contribution >= 4 is 11.9 Å². The first-order valence-corrected chi connectivity index (χ1v) is 9.43. The minimum absolute atomic E-state index is 0.0810. The van der Waals surface area contributed by atoms with Gasteiger partial charge < -0.3 is 20.3 Å². The van der Waals surface area contributed by atoms with Crippen LogP contribution in [-0.4, -0.2) is 29.1 Å². The minimum Gasteiger partial charge on any atom is -0.493 e. The molecule has 3 aromatic rings. The lowest BCUT2D eigenvalue weighted by molar-refractivity contribution is -0.143. The van der Waals surface area contributed by atoms with E-state index < -0.39 is 58.2 Å². The molecule has 1 heterocycles. The van der Waals surface area contributed by atoms with Gasteiger partial charge >= 0.3 is 18.3 Å². The lowest BCUT2D eigenvalue weighted by Crippen LogP contribution is -2.21. The number of carbonyl (C=O) groups is 2. The first kappa shape index (κ1) is 27.9. The fourth-order valence-corrected chi connectivity index (χ4v) is 2.67. The van der Waals surface area contributed by atoms with Crippen LogP contribution in [0.5, 0.6) is 17.2 Å². The van der Waals surface area contributed by atoms with Gasteiger partial charge in [0, 0.05) is 12.3 Å². The highest BCUT2D eigenvalue weighted by atomic mass is 19.4. The Morgan fingerprint density at radius 1 is 0.917 bits per heavy atom. The molecule has 36 heavy (non-hydrogen) atoms. The van der Waals surface area contributed by atoms with Crippen molar-refractivity contribution in [1.82, 2.24) is 4.98 Å². The zero-order valence-electron chi connectivity index (χ0n) is 17.9. The average molecular weight is 520 g/mol. The van der Waals surface area contributed by atoms with Gasteiger partial charge in [-0.15, -0.1) is 0 Å². The Hall–Kier alpha value is -4.36. The third-order valence-electron chi connectivity index (χ3n) is 4.21. The van der Waals surface area contributed by atoms with Gasteiger partial charge in [-0.3, -0.25) is 4.79 Å². The van der Waals surface area contributed by atoms with Crippen LogP contribution in [0, 0.1) is 5.82 Å². The summed E-state index contributed by atoms with van der Waals surface area (Å²) < 4.78 is 102. The second-order valence-electron chi connectivity index (χ2n) is 6.67. The number of hydrogen-bond donors (Lipinski definition) is 2. The number of carboxylic acids is 1. The highest BCUT2D eigenvalue weighted by molar-refractivity contribution is 5.97. The van der Waals surface area contributed by atoms with Crippen molar-refractivity contribution in [2.45, 2.75) is 12.4 Å². The molecule has 0 saturated carbocycles. The second-order valence-corrected chi connectivity index (χ2v) is 6.67. The Balaban J connectivity index is 0.000000425. The van der Waals surface area contributed by atoms with E-state index in [1.165, 1.54) is 12.3 Å². The topological polar surface area (TPSA) is 112 Å². The predicted molar refractivity (Wildman–Crippen MR) is 109 cm³/mol. The fraction of sp³-hybridized carbons (Fsp3) is 0.136. The van der Waals surface area contributed by atoms with E-state index in [1.807, 2.05) is 0 Å².